The van der Waals surface area contributed by atoms with Crippen LogP contribution in [0.3, 0.4) is 0 Å². The molecule has 2 N–H and O–H groups in total. The summed E-state index contributed by atoms with van der Waals surface area (Å²) < 4.78 is 24.7. The van der Waals surface area contributed by atoms with E-state index in [9.17, 15) is 8.78 Å². The molecule has 0 fully saturated rings. The predicted octanol–water partition coefficient (Wildman–Crippen LogP) is 2.82. The van der Waals surface area contributed by atoms with Crippen molar-refractivity contribution in [1.82, 2.24) is 5.32 Å². The van der Waals surface area contributed by atoms with Crippen molar-refractivity contribution in [2.45, 2.75) is 19.1 Å². The van der Waals surface area contributed by atoms with Crippen LogP contribution in [-0.4, -0.2) is 24.2 Å². The molecule has 0 aliphatic heterocycles. The van der Waals surface area contributed by atoms with E-state index < -0.39 is 12.5 Å². The molecule has 1 aromatic rings. The van der Waals surface area contributed by atoms with Crippen molar-refractivity contribution in [1.29, 1.82) is 0 Å². The third kappa shape index (κ3) is 4.33. The van der Waals surface area contributed by atoms with E-state index in [1.807, 2.05) is 0 Å². The number of halogens is 4. The molecule has 1 atom stereocenters. The fraction of sp³-hybridized carbons (Fsp3) is 0.400. The quantitative estimate of drug-likeness (QED) is 0.876. The lowest BCUT2D eigenvalue weighted by Gasteiger charge is -2.11. The molecule has 6 heteroatoms. The van der Waals surface area contributed by atoms with E-state index in [1.54, 1.807) is 18.2 Å². The zero-order valence-corrected chi connectivity index (χ0v) is 10.6. The van der Waals surface area contributed by atoms with Gasteiger partial charge in [-0.3, -0.25) is 0 Å². The van der Waals surface area contributed by atoms with Crippen LogP contribution >= 0.6 is 27.5 Å². The Morgan fingerprint density at radius 2 is 2.12 bits per heavy atom. The minimum atomic E-state index is -2.72. The van der Waals surface area contributed by atoms with Gasteiger partial charge in [-0.25, -0.2) is 8.78 Å². The molecular formula is C10H11BrClF2NO. The first-order chi connectivity index (χ1) is 7.50. The molecule has 0 bridgehead atoms. The average Bonchev–Trinajstić information content (AvgIpc) is 2.20. The highest BCUT2D eigenvalue weighted by atomic mass is 79.9. The fourth-order valence-electron chi connectivity index (χ4n) is 1.11. The van der Waals surface area contributed by atoms with Crippen LogP contribution in [0.2, 0.25) is 5.02 Å². The topological polar surface area (TPSA) is 32.3 Å². The second-order valence-corrected chi connectivity index (χ2v) is 4.56. The lowest BCUT2D eigenvalue weighted by molar-refractivity contribution is -0.00341. The Morgan fingerprint density at radius 1 is 1.44 bits per heavy atom. The van der Waals surface area contributed by atoms with Crippen LogP contribution in [0.5, 0.6) is 0 Å². The largest absolute Gasteiger partial charge is 0.386 e. The van der Waals surface area contributed by atoms with E-state index in [-0.39, 0.29) is 6.54 Å². The van der Waals surface area contributed by atoms with Gasteiger partial charge in [0, 0.05) is 22.6 Å². The summed E-state index contributed by atoms with van der Waals surface area (Å²) in [6.45, 7) is 0.244. The standard InChI is InChI=1S/C10H11BrClF2NO/c11-8-3-7(12)2-1-6(8)4-15-5-9(16)10(13)14/h1-3,9-10,15-16H,4-5H2. The first kappa shape index (κ1) is 13.8. The Balaban J connectivity index is 2.43. The zero-order valence-electron chi connectivity index (χ0n) is 8.26. The van der Waals surface area contributed by atoms with Crippen molar-refractivity contribution in [3.63, 3.8) is 0 Å². The number of benzene rings is 1. The normalized spacial score (nSPS) is 13.1. The van der Waals surface area contributed by atoms with E-state index in [2.05, 4.69) is 21.2 Å². The first-order valence-electron chi connectivity index (χ1n) is 4.61. The summed E-state index contributed by atoms with van der Waals surface area (Å²) in [6, 6.07) is 5.23. The van der Waals surface area contributed by atoms with Crippen molar-refractivity contribution >= 4 is 27.5 Å². The summed E-state index contributed by atoms with van der Waals surface area (Å²) in [6.07, 6.45) is -4.35. The van der Waals surface area contributed by atoms with E-state index in [1.165, 1.54) is 0 Å². The number of aliphatic hydroxyl groups excluding tert-OH is 1. The summed E-state index contributed by atoms with van der Waals surface area (Å²) in [5, 5.41) is 12.2. The first-order valence-corrected chi connectivity index (χ1v) is 5.78. The van der Waals surface area contributed by atoms with E-state index >= 15 is 0 Å². The predicted molar refractivity (Wildman–Crippen MR) is 62.9 cm³/mol. The molecule has 0 saturated carbocycles. The molecule has 0 aromatic heterocycles. The molecule has 0 aliphatic carbocycles. The Morgan fingerprint density at radius 3 is 2.69 bits per heavy atom. The molecule has 0 saturated heterocycles. The van der Waals surface area contributed by atoms with Gasteiger partial charge in [-0.2, -0.15) is 0 Å². The van der Waals surface area contributed by atoms with E-state index in [4.69, 9.17) is 16.7 Å². The number of rotatable bonds is 5. The average molecular weight is 315 g/mol. The molecule has 0 amide bonds. The summed E-state index contributed by atoms with van der Waals surface area (Å²) in [5.41, 5.74) is 0.894. The molecule has 90 valence electrons. The van der Waals surface area contributed by atoms with Gasteiger partial charge in [0.15, 0.2) is 0 Å². The van der Waals surface area contributed by atoms with Gasteiger partial charge < -0.3 is 10.4 Å². The summed E-state index contributed by atoms with van der Waals surface area (Å²) in [5.74, 6) is 0. The Labute approximate surface area is 106 Å². The SMILES string of the molecule is OC(CNCc1ccc(Cl)cc1Br)C(F)F. The molecule has 1 unspecified atom stereocenters. The summed E-state index contributed by atoms with van der Waals surface area (Å²) in [7, 11) is 0. The smallest absolute Gasteiger partial charge is 0.265 e. The number of aliphatic hydroxyl groups is 1. The maximum atomic E-state index is 12.0. The van der Waals surface area contributed by atoms with Crippen LogP contribution < -0.4 is 5.32 Å². The van der Waals surface area contributed by atoms with Gasteiger partial charge in [-0.05, 0) is 17.7 Å². The van der Waals surface area contributed by atoms with Crippen LogP contribution in [0, 0.1) is 0 Å². The third-order valence-electron chi connectivity index (χ3n) is 1.97. The van der Waals surface area contributed by atoms with Gasteiger partial charge in [0.2, 0.25) is 0 Å². The van der Waals surface area contributed by atoms with Crippen molar-refractivity contribution in [3.8, 4) is 0 Å². The number of alkyl halides is 2. The third-order valence-corrected chi connectivity index (χ3v) is 2.95. The van der Waals surface area contributed by atoms with Gasteiger partial charge in [0.25, 0.3) is 6.43 Å². The molecule has 1 rings (SSSR count). The van der Waals surface area contributed by atoms with Gasteiger partial charge in [-0.1, -0.05) is 33.6 Å². The highest BCUT2D eigenvalue weighted by Crippen LogP contribution is 2.21. The maximum absolute atomic E-state index is 12.0. The van der Waals surface area contributed by atoms with Crippen molar-refractivity contribution < 1.29 is 13.9 Å². The van der Waals surface area contributed by atoms with Crippen LogP contribution in [0.1, 0.15) is 5.56 Å². The number of hydrogen-bond acceptors (Lipinski definition) is 2. The van der Waals surface area contributed by atoms with Crippen LogP contribution in [0.15, 0.2) is 22.7 Å². The molecule has 0 heterocycles. The highest BCUT2D eigenvalue weighted by Gasteiger charge is 2.15. The van der Waals surface area contributed by atoms with Gasteiger partial charge >= 0.3 is 0 Å². The molecule has 0 aliphatic rings. The van der Waals surface area contributed by atoms with Gasteiger partial charge in [0.05, 0.1) is 0 Å². The van der Waals surface area contributed by atoms with Gasteiger partial charge in [-0.15, -0.1) is 0 Å². The molecule has 1 aromatic carbocycles. The van der Waals surface area contributed by atoms with E-state index in [0.29, 0.717) is 11.6 Å². The Bertz CT molecular complexity index is 352. The van der Waals surface area contributed by atoms with Crippen LogP contribution in [0.25, 0.3) is 0 Å². The van der Waals surface area contributed by atoms with E-state index in [0.717, 1.165) is 10.0 Å². The zero-order chi connectivity index (χ0) is 12.1. The minimum Gasteiger partial charge on any atom is -0.386 e. The maximum Gasteiger partial charge on any atom is 0.265 e. The summed E-state index contributed by atoms with van der Waals surface area (Å²) >= 11 is 9.06. The van der Waals surface area contributed by atoms with Gasteiger partial charge in [0.1, 0.15) is 6.10 Å². The monoisotopic (exact) mass is 313 g/mol. The van der Waals surface area contributed by atoms with Crippen molar-refractivity contribution in [3.05, 3.63) is 33.3 Å². The fourth-order valence-corrected chi connectivity index (χ4v) is 1.93. The van der Waals surface area contributed by atoms with Crippen LogP contribution in [-0.2, 0) is 6.54 Å². The summed E-state index contributed by atoms with van der Waals surface area (Å²) in [4.78, 5) is 0. The molecular weight excluding hydrogens is 303 g/mol. The lowest BCUT2D eigenvalue weighted by atomic mass is 10.2. The molecule has 0 radical (unpaired) electrons. The molecule has 16 heavy (non-hydrogen) atoms. The highest BCUT2D eigenvalue weighted by molar-refractivity contribution is 9.10. The van der Waals surface area contributed by atoms with Crippen LogP contribution in [0.4, 0.5) is 8.78 Å². The minimum absolute atomic E-state index is 0.146. The molecule has 0 spiro atoms. The molecule has 2 nitrogen and oxygen atoms in total. The Hall–Kier alpha value is -0.230. The second-order valence-electron chi connectivity index (χ2n) is 3.27. The number of hydrogen-bond donors (Lipinski definition) is 2. The lowest BCUT2D eigenvalue weighted by Crippen LogP contribution is -2.31. The number of nitrogens with one attached hydrogen (secondary N) is 1. The van der Waals surface area contributed by atoms with Crippen molar-refractivity contribution in [2.75, 3.05) is 6.54 Å². The van der Waals surface area contributed by atoms with Crippen molar-refractivity contribution in [2.24, 2.45) is 0 Å². The second kappa shape index (κ2) is 6.49. The Kier molecular flexibility index (Phi) is 5.61.